The fourth-order valence-electron chi connectivity index (χ4n) is 2.19. The van der Waals surface area contributed by atoms with Gasteiger partial charge in [-0.25, -0.2) is 9.78 Å². The Morgan fingerprint density at radius 2 is 2.06 bits per heavy atom. The Bertz CT molecular complexity index is 637. The SMILES string of the molecule is O=C(O)c1ccc2c(c1)Cc1cnc(F)cc1-2. The van der Waals surface area contributed by atoms with Gasteiger partial charge in [0.05, 0.1) is 5.56 Å². The number of rotatable bonds is 1. The van der Waals surface area contributed by atoms with Crippen molar-refractivity contribution in [1.29, 1.82) is 0 Å². The highest BCUT2D eigenvalue weighted by Crippen LogP contribution is 2.36. The predicted octanol–water partition coefficient (Wildman–Crippen LogP) is 2.49. The standard InChI is InChI=1S/C13H8FNO2/c14-12-5-11-9(6-15-12)4-8-3-7(13(16)17)1-2-10(8)11/h1-3,5-6H,4H2,(H,16,17). The number of carboxylic acid groups (broad SMARTS) is 1. The molecule has 0 amide bonds. The van der Waals surface area contributed by atoms with Crippen LogP contribution in [0, 0.1) is 5.95 Å². The number of fused-ring (bicyclic) bond motifs is 3. The molecule has 1 aliphatic rings. The smallest absolute Gasteiger partial charge is 0.335 e. The van der Waals surface area contributed by atoms with Crippen molar-refractivity contribution < 1.29 is 14.3 Å². The molecule has 0 atom stereocenters. The van der Waals surface area contributed by atoms with Gasteiger partial charge in [-0.1, -0.05) is 6.07 Å². The van der Waals surface area contributed by atoms with E-state index in [4.69, 9.17) is 5.11 Å². The summed E-state index contributed by atoms with van der Waals surface area (Å²) < 4.78 is 13.1. The van der Waals surface area contributed by atoms with E-state index < -0.39 is 11.9 Å². The van der Waals surface area contributed by atoms with Gasteiger partial charge < -0.3 is 5.11 Å². The van der Waals surface area contributed by atoms with Crippen LogP contribution in [0.25, 0.3) is 11.1 Å². The maximum atomic E-state index is 13.1. The van der Waals surface area contributed by atoms with E-state index in [-0.39, 0.29) is 5.56 Å². The number of halogens is 1. The second-order valence-electron chi connectivity index (χ2n) is 4.02. The van der Waals surface area contributed by atoms with Crippen LogP contribution in [0.15, 0.2) is 30.5 Å². The second kappa shape index (κ2) is 3.38. The monoisotopic (exact) mass is 229 g/mol. The van der Waals surface area contributed by atoms with Gasteiger partial charge in [0.2, 0.25) is 5.95 Å². The van der Waals surface area contributed by atoms with Crippen molar-refractivity contribution in [3.63, 3.8) is 0 Å². The summed E-state index contributed by atoms with van der Waals surface area (Å²) in [5.74, 6) is -1.47. The number of aromatic carboxylic acids is 1. The van der Waals surface area contributed by atoms with Crippen LogP contribution in [0.4, 0.5) is 4.39 Å². The molecule has 0 bridgehead atoms. The molecule has 0 aliphatic heterocycles. The number of hydrogen-bond donors (Lipinski definition) is 1. The van der Waals surface area contributed by atoms with E-state index >= 15 is 0 Å². The zero-order valence-electron chi connectivity index (χ0n) is 8.77. The minimum Gasteiger partial charge on any atom is -0.478 e. The van der Waals surface area contributed by atoms with Gasteiger partial charge in [0.15, 0.2) is 0 Å². The molecule has 0 saturated carbocycles. The molecule has 1 aromatic carbocycles. The summed E-state index contributed by atoms with van der Waals surface area (Å²) in [6.45, 7) is 0. The zero-order valence-corrected chi connectivity index (χ0v) is 8.77. The topological polar surface area (TPSA) is 50.2 Å². The Balaban J connectivity index is 2.17. The first-order chi connectivity index (χ1) is 8.15. The molecule has 17 heavy (non-hydrogen) atoms. The van der Waals surface area contributed by atoms with E-state index in [0.717, 1.165) is 22.3 Å². The predicted molar refractivity (Wildman–Crippen MR) is 59.4 cm³/mol. The molecule has 0 fully saturated rings. The molecule has 0 radical (unpaired) electrons. The molecule has 84 valence electrons. The van der Waals surface area contributed by atoms with Gasteiger partial charge in [0.1, 0.15) is 0 Å². The van der Waals surface area contributed by atoms with Gasteiger partial charge in [-0.05, 0) is 34.4 Å². The Kier molecular flexibility index (Phi) is 1.98. The van der Waals surface area contributed by atoms with E-state index in [2.05, 4.69) is 4.98 Å². The van der Waals surface area contributed by atoms with Crippen molar-refractivity contribution in [2.75, 3.05) is 0 Å². The summed E-state index contributed by atoms with van der Waals surface area (Å²) in [6, 6.07) is 6.29. The van der Waals surface area contributed by atoms with Crippen LogP contribution in [0.1, 0.15) is 21.5 Å². The van der Waals surface area contributed by atoms with Crippen molar-refractivity contribution in [3.8, 4) is 11.1 Å². The number of aromatic nitrogens is 1. The lowest BCUT2D eigenvalue weighted by Gasteiger charge is -2.01. The lowest BCUT2D eigenvalue weighted by Crippen LogP contribution is -1.96. The van der Waals surface area contributed by atoms with Crippen LogP contribution in [0.2, 0.25) is 0 Å². The van der Waals surface area contributed by atoms with Gasteiger partial charge in [0, 0.05) is 18.7 Å². The molecule has 2 aromatic rings. The second-order valence-corrected chi connectivity index (χ2v) is 4.02. The molecule has 1 heterocycles. The highest BCUT2D eigenvalue weighted by molar-refractivity contribution is 5.90. The van der Waals surface area contributed by atoms with Crippen LogP contribution < -0.4 is 0 Å². The number of hydrogen-bond acceptors (Lipinski definition) is 2. The molecule has 1 aromatic heterocycles. The van der Waals surface area contributed by atoms with Crippen molar-refractivity contribution in [3.05, 3.63) is 53.1 Å². The first-order valence-corrected chi connectivity index (χ1v) is 5.16. The highest BCUT2D eigenvalue weighted by atomic mass is 19.1. The quantitative estimate of drug-likeness (QED) is 0.652. The van der Waals surface area contributed by atoms with Gasteiger partial charge in [-0.3, -0.25) is 0 Å². The van der Waals surface area contributed by atoms with E-state index in [1.165, 1.54) is 18.3 Å². The summed E-state index contributed by atoms with van der Waals surface area (Å²) in [4.78, 5) is 14.5. The maximum absolute atomic E-state index is 13.1. The van der Waals surface area contributed by atoms with Gasteiger partial charge in [-0.15, -0.1) is 0 Å². The zero-order chi connectivity index (χ0) is 12.0. The number of nitrogens with zero attached hydrogens (tertiary/aromatic N) is 1. The molecule has 3 rings (SSSR count). The van der Waals surface area contributed by atoms with Gasteiger partial charge in [-0.2, -0.15) is 4.39 Å². The molecular weight excluding hydrogens is 221 g/mol. The number of pyridine rings is 1. The average Bonchev–Trinajstić information content (AvgIpc) is 2.66. The third-order valence-corrected chi connectivity index (χ3v) is 2.98. The van der Waals surface area contributed by atoms with E-state index in [1.807, 2.05) is 0 Å². The molecule has 1 N–H and O–H groups in total. The number of carboxylic acids is 1. The molecule has 0 saturated heterocycles. The molecule has 1 aliphatic carbocycles. The summed E-state index contributed by atoms with van der Waals surface area (Å²) in [7, 11) is 0. The molecule has 0 unspecified atom stereocenters. The number of benzene rings is 1. The number of carbonyl (C=O) groups is 1. The van der Waals surface area contributed by atoms with Crippen LogP contribution >= 0.6 is 0 Å². The molecule has 3 nitrogen and oxygen atoms in total. The Morgan fingerprint density at radius 3 is 2.82 bits per heavy atom. The fourth-order valence-corrected chi connectivity index (χ4v) is 2.19. The van der Waals surface area contributed by atoms with Crippen molar-refractivity contribution in [2.24, 2.45) is 0 Å². The van der Waals surface area contributed by atoms with E-state index in [0.29, 0.717) is 6.42 Å². The molecule has 0 spiro atoms. The fraction of sp³-hybridized carbons (Fsp3) is 0.0769. The third kappa shape index (κ3) is 1.49. The average molecular weight is 229 g/mol. The van der Waals surface area contributed by atoms with Crippen molar-refractivity contribution in [2.45, 2.75) is 6.42 Å². The Hall–Kier alpha value is -2.23. The van der Waals surface area contributed by atoms with Crippen molar-refractivity contribution in [1.82, 2.24) is 4.98 Å². The summed E-state index contributed by atoms with van der Waals surface area (Å²) in [5, 5.41) is 8.90. The Labute approximate surface area is 96.6 Å². The summed E-state index contributed by atoms with van der Waals surface area (Å²) >= 11 is 0. The first kappa shape index (κ1) is 9.96. The minimum atomic E-state index is -0.951. The van der Waals surface area contributed by atoms with Gasteiger partial charge >= 0.3 is 5.97 Å². The molecule has 4 heteroatoms. The van der Waals surface area contributed by atoms with Crippen LogP contribution in [-0.2, 0) is 6.42 Å². The largest absolute Gasteiger partial charge is 0.478 e. The summed E-state index contributed by atoms with van der Waals surface area (Å²) in [6.07, 6.45) is 2.12. The van der Waals surface area contributed by atoms with Crippen LogP contribution in [0.5, 0.6) is 0 Å². The Morgan fingerprint density at radius 1 is 1.24 bits per heavy atom. The van der Waals surface area contributed by atoms with Gasteiger partial charge in [0.25, 0.3) is 0 Å². The lowest BCUT2D eigenvalue weighted by atomic mass is 10.0. The summed E-state index contributed by atoms with van der Waals surface area (Å²) in [5.41, 5.74) is 3.80. The third-order valence-electron chi connectivity index (χ3n) is 2.98. The lowest BCUT2D eigenvalue weighted by molar-refractivity contribution is 0.0697. The maximum Gasteiger partial charge on any atom is 0.335 e. The minimum absolute atomic E-state index is 0.255. The van der Waals surface area contributed by atoms with Crippen LogP contribution in [0.3, 0.4) is 0 Å². The molecular formula is C13H8FNO2. The first-order valence-electron chi connectivity index (χ1n) is 5.16. The van der Waals surface area contributed by atoms with Crippen molar-refractivity contribution >= 4 is 5.97 Å². The van der Waals surface area contributed by atoms with E-state index in [1.54, 1.807) is 12.1 Å². The van der Waals surface area contributed by atoms with E-state index in [9.17, 15) is 9.18 Å². The van der Waals surface area contributed by atoms with Crippen LogP contribution in [-0.4, -0.2) is 16.1 Å². The normalized spacial score (nSPS) is 12.1. The highest BCUT2D eigenvalue weighted by Gasteiger charge is 2.20.